The van der Waals surface area contributed by atoms with Gasteiger partial charge in [0.15, 0.2) is 5.43 Å². The summed E-state index contributed by atoms with van der Waals surface area (Å²) in [5.74, 6) is 0.371. The second kappa shape index (κ2) is 6.59. The number of rotatable bonds is 4. The lowest BCUT2D eigenvalue weighted by molar-refractivity contribution is 0.0771. The molecule has 6 heteroatoms. The van der Waals surface area contributed by atoms with Gasteiger partial charge in [0.1, 0.15) is 17.9 Å². The maximum atomic E-state index is 13.2. The van der Waals surface area contributed by atoms with Gasteiger partial charge in [-0.05, 0) is 35.9 Å². The summed E-state index contributed by atoms with van der Waals surface area (Å²) in [6.45, 7) is 4.00. The number of hydrogen-bond donors (Lipinski definition) is 0. The zero-order chi connectivity index (χ0) is 19.1. The Morgan fingerprint density at radius 2 is 2.07 bits per heavy atom. The van der Waals surface area contributed by atoms with Gasteiger partial charge in [0.2, 0.25) is 5.76 Å². The van der Waals surface area contributed by atoms with E-state index >= 15 is 0 Å². The van der Waals surface area contributed by atoms with Crippen LogP contribution < -0.4 is 10.2 Å². The van der Waals surface area contributed by atoms with Crippen LogP contribution in [0.25, 0.3) is 11.0 Å². The summed E-state index contributed by atoms with van der Waals surface area (Å²) >= 11 is 6.04. The van der Waals surface area contributed by atoms with Crippen molar-refractivity contribution in [2.75, 3.05) is 13.7 Å². The highest BCUT2D eigenvalue weighted by atomic mass is 35.5. The normalized spacial score (nSPS) is 15.9. The van der Waals surface area contributed by atoms with E-state index in [4.69, 9.17) is 20.8 Å². The van der Waals surface area contributed by atoms with Crippen LogP contribution in [0.4, 0.5) is 0 Å². The highest BCUT2D eigenvalue weighted by molar-refractivity contribution is 6.31. The first kappa shape index (κ1) is 17.4. The second-order valence-electron chi connectivity index (χ2n) is 6.31. The average molecular weight is 382 g/mol. The SMILES string of the molecule is C=CCOc1cccc(C2c3c(oc4ccc(Cl)cc4c3=O)C(=O)N2C)c1. The molecule has 0 bridgehead atoms. The molecule has 0 fully saturated rings. The molecule has 0 saturated heterocycles. The van der Waals surface area contributed by atoms with E-state index in [1.807, 2.05) is 24.3 Å². The molecule has 0 radical (unpaired) electrons. The third kappa shape index (κ3) is 2.80. The Kier molecular flexibility index (Phi) is 4.24. The number of benzene rings is 2. The first-order chi connectivity index (χ1) is 13.0. The Hall–Kier alpha value is -3.05. The van der Waals surface area contributed by atoms with E-state index in [-0.39, 0.29) is 17.1 Å². The molecule has 1 unspecified atom stereocenters. The van der Waals surface area contributed by atoms with E-state index < -0.39 is 6.04 Å². The molecule has 136 valence electrons. The molecule has 4 rings (SSSR count). The number of carbonyl (C=O) groups excluding carboxylic acids is 1. The molecule has 1 amide bonds. The van der Waals surface area contributed by atoms with E-state index in [1.165, 1.54) is 4.90 Å². The Morgan fingerprint density at radius 1 is 1.26 bits per heavy atom. The van der Waals surface area contributed by atoms with Gasteiger partial charge in [-0.2, -0.15) is 0 Å². The molecule has 1 aliphatic heterocycles. The predicted octanol–water partition coefficient (Wildman–Crippen LogP) is 4.19. The van der Waals surface area contributed by atoms with Gasteiger partial charge in [-0.3, -0.25) is 9.59 Å². The van der Waals surface area contributed by atoms with Crippen LogP contribution in [0.5, 0.6) is 5.75 Å². The fourth-order valence-corrected chi connectivity index (χ4v) is 3.55. The third-order valence-corrected chi connectivity index (χ3v) is 4.84. The number of amides is 1. The van der Waals surface area contributed by atoms with Gasteiger partial charge < -0.3 is 14.1 Å². The molecule has 2 aromatic carbocycles. The maximum Gasteiger partial charge on any atom is 0.290 e. The first-order valence-corrected chi connectivity index (χ1v) is 8.76. The van der Waals surface area contributed by atoms with Gasteiger partial charge in [0.25, 0.3) is 5.91 Å². The fraction of sp³-hybridized carbons (Fsp3) is 0.143. The Bertz CT molecular complexity index is 1130. The van der Waals surface area contributed by atoms with Gasteiger partial charge in [-0.15, -0.1) is 0 Å². The second-order valence-corrected chi connectivity index (χ2v) is 6.74. The summed E-state index contributed by atoms with van der Waals surface area (Å²) in [5.41, 5.74) is 1.17. The summed E-state index contributed by atoms with van der Waals surface area (Å²) in [6, 6.07) is 11.5. The minimum Gasteiger partial charge on any atom is -0.490 e. The molecule has 1 aromatic heterocycles. The molecular weight excluding hydrogens is 366 g/mol. The molecule has 1 aliphatic rings. The van der Waals surface area contributed by atoms with Crippen LogP contribution in [-0.4, -0.2) is 24.5 Å². The lowest BCUT2D eigenvalue weighted by atomic mass is 9.98. The first-order valence-electron chi connectivity index (χ1n) is 8.38. The van der Waals surface area contributed by atoms with Gasteiger partial charge in [-0.1, -0.05) is 36.4 Å². The van der Waals surface area contributed by atoms with Crippen molar-refractivity contribution in [1.82, 2.24) is 4.90 Å². The zero-order valence-corrected chi connectivity index (χ0v) is 15.3. The maximum absolute atomic E-state index is 13.2. The predicted molar refractivity (Wildman–Crippen MR) is 104 cm³/mol. The van der Waals surface area contributed by atoms with Crippen LogP contribution in [0.2, 0.25) is 5.02 Å². The van der Waals surface area contributed by atoms with Crippen molar-refractivity contribution in [2.45, 2.75) is 6.04 Å². The highest BCUT2D eigenvalue weighted by Crippen LogP contribution is 2.38. The number of hydrogen-bond acceptors (Lipinski definition) is 4. The minimum atomic E-state index is -0.556. The molecule has 1 atom stereocenters. The molecule has 3 aromatic rings. The average Bonchev–Trinajstić information content (AvgIpc) is 2.92. The molecule has 2 heterocycles. The number of halogens is 1. The molecular formula is C21H16ClNO4. The van der Waals surface area contributed by atoms with Crippen LogP contribution >= 0.6 is 11.6 Å². The standard InChI is InChI=1S/C21H16ClNO4/c1-3-9-26-14-6-4-5-12(10-14)18-17-19(24)15-11-13(22)7-8-16(15)27-20(17)21(25)23(18)2/h3-8,10-11,18H,1,9H2,2H3. The molecule has 27 heavy (non-hydrogen) atoms. The van der Waals surface area contributed by atoms with Crippen molar-refractivity contribution >= 4 is 28.5 Å². The van der Waals surface area contributed by atoms with Crippen LogP contribution in [0, 0.1) is 0 Å². The summed E-state index contributed by atoms with van der Waals surface area (Å²) in [5, 5.41) is 0.789. The Labute approximate surface area is 160 Å². The van der Waals surface area contributed by atoms with Crippen molar-refractivity contribution in [3.8, 4) is 5.75 Å². The summed E-state index contributed by atoms with van der Waals surface area (Å²) in [7, 11) is 1.65. The molecule has 5 nitrogen and oxygen atoms in total. The van der Waals surface area contributed by atoms with Crippen LogP contribution in [0.15, 0.2) is 64.3 Å². The van der Waals surface area contributed by atoms with E-state index in [0.29, 0.717) is 33.9 Å². The van der Waals surface area contributed by atoms with Gasteiger partial charge in [0, 0.05) is 12.1 Å². The summed E-state index contributed by atoms with van der Waals surface area (Å²) < 4.78 is 11.4. The Morgan fingerprint density at radius 3 is 2.85 bits per heavy atom. The largest absolute Gasteiger partial charge is 0.490 e. The fourth-order valence-electron chi connectivity index (χ4n) is 3.38. The van der Waals surface area contributed by atoms with Gasteiger partial charge in [-0.25, -0.2) is 0 Å². The third-order valence-electron chi connectivity index (χ3n) is 4.60. The van der Waals surface area contributed by atoms with E-state index in [0.717, 1.165) is 5.56 Å². The van der Waals surface area contributed by atoms with E-state index in [1.54, 1.807) is 31.3 Å². The Balaban J connectivity index is 1.91. The molecule has 0 aliphatic carbocycles. The minimum absolute atomic E-state index is 0.0692. The molecule has 0 N–H and O–H groups in total. The van der Waals surface area contributed by atoms with Crippen molar-refractivity contribution in [3.63, 3.8) is 0 Å². The number of nitrogens with zero attached hydrogens (tertiary/aromatic N) is 1. The quantitative estimate of drug-likeness (QED) is 0.636. The number of fused-ring (bicyclic) bond motifs is 2. The summed E-state index contributed by atoms with van der Waals surface area (Å²) in [4.78, 5) is 27.4. The molecule has 0 spiro atoms. The lowest BCUT2D eigenvalue weighted by Gasteiger charge is -2.20. The number of carbonyl (C=O) groups is 1. The van der Waals surface area contributed by atoms with Crippen molar-refractivity contribution < 1.29 is 13.9 Å². The highest BCUT2D eigenvalue weighted by Gasteiger charge is 2.40. The van der Waals surface area contributed by atoms with Crippen LogP contribution in [0.1, 0.15) is 27.7 Å². The van der Waals surface area contributed by atoms with Crippen molar-refractivity contribution in [2.24, 2.45) is 0 Å². The molecule has 0 saturated carbocycles. The number of ether oxygens (including phenoxy) is 1. The lowest BCUT2D eigenvalue weighted by Crippen LogP contribution is -2.25. The smallest absolute Gasteiger partial charge is 0.290 e. The monoisotopic (exact) mass is 381 g/mol. The van der Waals surface area contributed by atoms with Crippen molar-refractivity contribution in [3.05, 3.63) is 87.3 Å². The van der Waals surface area contributed by atoms with Crippen LogP contribution in [-0.2, 0) is 0 Å². The van der Waals surface area contributed by atoms with E-state index in [9.17, 15) is 9.59 Å². The van der Waals surface area contributed by atoms with Gasteiger partial charge >= 0.3 is 0 Å². The van der Waals surface area contributed by atoms with Crippen molar-refractivity contribution in [1.29, 1.82) is 0 Å². The topological polar surface area (TPSA) is 59.8 Å². The van der Waals surface area contributed by atoms with Gasteiger partial charge in [0.05, 0.1) is 17.0 Å². The summed E-state index contributed by atoms with van der Waals surface area (Å²) in [6.07, 6.45) is 1.65. The van der Waals surface area contributed by atoms with E-state index in [2.05, 4.69) is 6.58 Å². The zero-order valence-electron chi connectivity index (χ0n) is 14.6. The van der Waals surface area contributed by atoms with Crippen LogP contribution in [0.3, 0.4) is 0 Å².